The molecule has 2 fully saturated rings. The average Bonchev–Trinajstić information content (AvgIpc) is 3.25. The molecule has 4 atom stereocenters. The van der Waals surface area contributed by atoms with Gasteiger partial charge in [-0.25, -0.2) is 4.79 Å². The molecule has 0 bridgehead atoms. The van der Waals surface area contributed by atoms with Crippen LogP contribution >= 0.6 is 12.2 Å². The topological polar surface area (TPSA) is 72.7 Å². The molecular formula is C20H24N2O4S. The van der Waals surface area contributed by atoms with E-state index >= 15 is 0 Å². The molecule has 7 heteroatoms. The molecule has 1 heterocycles. The summed E-state index contributed by atoms with van der Waals surface area (Å²) in [6.07, 6.45) is 5.31. The second-order valence-corrected chi connectivity index (χ2v) is 7.59. The van der Waals surface area contributed by atoms with Gasteiger partial charge in [0.25, 0.3) is 6.04 Å². The number of hydrogen-bond acceptors (Lipinski definition) is 5. The maximum Gasteiger partial charge on any atom is 0.329 e. The fraction of sp³-hybridized carbons (Fsp3) is 0.500. The first-order valence-corrected chi connectivity index (χ1v) is 9.71. The van der Waals surface area contributed by atoms with Crippen LogP contribution in [-0.2, 0) is 16.1 Å². The molecule has 1 aliphatic carbocycles. The van der Waals surface area contributed by atoms with Crippen molar-refractivity contribution < 1.29 is 14.5 Å². The number of thiocarbonyl (C=S) groups is 1. The van der Waals surface area contributed by atoms with Gasteiger partial charge in [0.2, 0.25) is 0 Å². The third kappa shape index (κ3) is 4.18. The van der Waals surface area contributed by atoms with Crippen molar-refractivity contribution in [1.82, 2.24) is 4.90 Å². The summed E-state index contributed by atoms with van der Waals surface area (Å²) in [4.78, 5) is 26.0. The first-order chi connectivity index (χ1) is 13.0. The van der Waals surface area contributed by atoms with E-state index in [9.17, 15) is 14.9 Å². The highest BCUT2D eigenvalue weighted by Gasteiger charge is 2.50. The predicted octanol–water partition coefficient (Wildman–Crippen LogP) is 3.52. The van der Waals surface area contributed by atoms with Crippen molar-refractivity contribution in [3.05, 3.63) is 58.7 Å². The van der Waals surface area contributed by atoms with Crippen molar-refractivity contribution in [3.8, 4) is 0 Å². The number of carbonyl (C=O) groups is 1. The van der Waals surface area contributed by atoms with Crippen LogP contribution in [0.2, 0.25) is 0 Å². The zero-order chi connectivity index (χ0) is 19.4. The van der Waals surface area contributed by atoms with E-state index in [1.807, 2.05) is 35.2 Å². The highest BCUT2D eigenvalue weighted by atomic mass is 32.1. The van der Waals surface area contributed by atoms with Gasteiger partial charge in [0.15, 0.2) is 4.99 Å². The van der Waals surface area contributed by atoms with Crippen LogP contribution in [0, 0.1) is 16.0 Å². The van der Waals surface area contributed by atoms with Crippen molar-refractivity contribution in [3.63, 3.8) is 0 Å². The summed E-state index contributed by atoms with van der Waals surface area (Å²) in [5.41, 5.74) is 0.910. The molecule has 0 radical (unpaired) electrons. The van der Waals surface area contributed by atoms with E-state index in [0.717, 1.165) is 24.8 Å². The Bertz CT molecular complexity index is 724. The summed E-state index contributed by atoms with van der Waals surface area (Å²) in [7, 11) is 0. The molecule has 0 unspecified atom stereocenters. The van der Waals surface area contributed by atoms with Crippen molar-refractivity contribution >= 4 is 23.2 Å². The van der Waals surface area contributed by atoms with Gasteiger partial charge in [-0.1, -0.05) is 55.0 Å². The maximum atomic E-state index is 12.8. The molecule has 1 saturated heterocycles. The number of rotatable bonds is 7. The third-order valence-electron chi connectivity index (χ3n) is 5.52. The minimum Gasteiger partial charge on any atom is -0.459 e. The van der Waals surface area contributed by atoms with E-state index in [4.69, 9.17) is 17.0 Å². The van der Waals surface area contributed by atoms with Gasteiger partial charge < -0.3 is 9.64 Å². The highest BCUT2D eigenvalue weighted by Crippen LogP contribution is 2.42. The van der Waals surface area contributed by atoms with Crippen molar-refractivity contribution in [2.24, 2.45) is 5.92 Å². The smallest absolute Gasteiger partial charge is 0.329 e. The van der Waals surface area contributed by atoms with Crippen LogP contribution in [0.3, 0.4) is 0 Å². The van der Waals surface area contributed by atoms with Crippen molar-refractivity contribution in [2.75, 3.05) is 0 Å². The Balaban J connectivity index is 1.75. The van der Waals surface area contributed by atoms with Gasteiger partial charge in [0.1, 0.15) is 12.6 Å². The molecule has 27 heavy (non-hydrogen) atoms. The molecule has 1 saturated carbocycles. The number of nitrogens with zero attached hydrogens (tertiary/aromatic N) is 2. The van der Waals surface area contributed by atoms with Gasteiger partial charge >= 0.3 is 5.97 Å². The van der Waals surface area contributed by atoms with E-state index < -0.39 is 12.1 Å². The molecule has 0 N–H and O–H groups in total. The number of hydrogen-bond donors (Lipinski definition) is 0. The first kappa shape index (κ1) is 19.5. The Morgan fingerprint density at radius 1 is 1.41 bits per heavy atom. The van der Waals surface area contributed by atoms with Crippen LogP contribution in [0.25, 0.3) is 0 Å². The van der Waals surface area contributed by atoms with Gasteiger partial charge in [-0.2, -0.15) is 0 Å². The fourth-order valence-corrected chi connectivity index (χ4v) is 4.69. The van der Waals surface area contributed by atoms with Gasteiger partial charge in [0, 0.05) is 17.4 Å². The molecule has 1 aromatic carbocycles. The zero-order valence-electron chi connectivity index (χ0n) is 15.2. The van der Waals surface area contributed by atoms with Crippen LogP contribution < -0.4 is 0 Å². The lowest BCUT2D eigenvalue weighted by Gasteiger charge is -2.31. The Morgan fingerprint density at radius 3 is 2.81 bits per heavy atom. The lowest BCUT2D eigenvalue weighted by atomic mass is 10.0. The molecule has 2 aliphatic rings. The third-order valence-corrected chi connectivity index (χ3v) is 6.00. The van der Waals surface area contributed by atoms with Gasteiger partial charge in [-0.15, -0.1) is 6.58 Å². The second-order valence-electron chi connectivity index (χ2n) is 7.17. The normalized spacial score (nSPS) is 24.9. The molecule has 6 nitrogen and oxygen atoms in total. The molecular weight excluding hydrogens is 364 g/mol. The lowest BCUT2D eigenvalue weighted by Crippen LogP contribution is -2.50. The second kappa shape index (κ2) is 8.61. The summed E-state index contributed by atoms with van der Waals surface area (Å²) >= 11 is 5.50. The number of benzene rings is 1. The fourth-order valence-electron chi connectivity index (χ4n) is 4.25. The molecule has 1 aliphatic heterocycles. The van der Waals surface area contributed by atoms with Crippen LogP contribution in [-0.4, -0.2) is 38.9 Å². The molecule has 144 valence electrons. The summed E-state index contributed by atoms with van der Waals surface area (Å²) in [5, 5.41) is 11.5. The van der Waals surface area contributed by atoms with Crippen LogP contribution in [0.4, 0.5) is 0 Å². The van der Waals surface area contributed by atoms with E-state index in [1.165, 1.54) is 6.08 Å². The van der Waals surface area contributed by atoms with Gasteiger partial charge in [-0.05, 0) is 30.7 Å². The Kier molecular flexibility index (Phi) is 6.21. The van der Waals surface area contributed by atoms with Crippen LogP contribution in [0.1, 0.15) is 37.7 Å². The number of likely N-dealkylation sites (tertiary alicyclic amines) is 1. The minimum atomic E-state index is -1.03. The number of fused-ring (bicyclic) bond motifs is 1. The highest BCUT2D eigenvalue weighted by molar-refractivity contribution is 7.80. The summed E-state index contributed by atoms with van der Waals surface area (Å²) in [5.74, 6) is -0.00957. The van der Waals surface area contributed by atoms with Gasteiger partial charge in [-0.3, -0.25) is 10.1 Å². The van der Waals surface area contributed by atoms with E-state index in [1.54, 1.807) is 0 Å². The summed E-state index contributed by atoms with van der Waals surface area (Å²) in [6.45, 7) is 3.79. The SMILES string of the molecule is C=CC[C@@H](C(=S)N1[C@@H](C(=O)OCc2ccccc2)C[C@H]2CCC[C@H]21)[N+](=O)[O-]. The number of nitro groups is 1. The van der Waals surface area contributed by atoms with E-state index in [0.29, 0.717) is 12.3 Å². The molecule has 0 amide bonds. The molecule has 0 spiro atoms. The Labute approximate surface area is 164 Å². The Hall–Kier alpha value is -2.28. The van der Waals surface area contributed by atoms with Crippen molar-refractivity contribution in [2.45, 2.75) is 56.8 Å². The monoisotopic (exact) mass is 388 g/mol. The van der Waals surface area contributed by atoms with Crippen molar-refractivity contribution in [1.29, 1.82) is 0 Å². The Morgan fingerprint density at radius 2 is 2.15 bits per heavy atom. The number of carbonyl (C=O) groups excluding carboxylic acids is 1. The molecule has 0 aromatic heterocycles. The van der Waals surface area contributed by atoms with E-state index in [-0.39, 0.29) is 35.0 Å². The standard InChI is InChI=1S/C20H24N2O4S/c1-2-7-17(22(24)25)19(27)21-16-11-6-10-15(16)12-18(21)20(23)26-13-14-8-4-3-5-9-14/h2-5,8-9,15-18H,1,6-7,10-13H2/t15-,16-,17+,18-/m1/s1. The van der Waals surface area contributed by atoms with Crippen LogP contribution in [0.15, 0.2) is 43.0 Å². The van der Waals surface area contributed by atoms with Crippen LogP contribution in [0.5, 0.6) is 0 Å². The minimum absolute atomic E-state index is 0.0963. The zero-order valence-corrected chi connectivity index (χ0v) is 16.0. The summed E-state index contributed by atoms with van der Waals surface area (Å²) in [6, 6.07) is 8.01. The van der Waals surface area contributed by atoms with Gasteiger partial charge in [0.05, 0.1) is 0 Å². The summed E-state index contributed by atoms with van der Waals surface area (Å²) < 4.78 is 5.53. The number of esters is 1. The molecule has 1 aromatic rings. The maximum absolute atomic E-state index is 12.8. The first-order valence-electron chi connectivity index (χ1n) is 9.30. The largest absolute Gasteiger partial charge is 0.459 e. The molecule has 3 rings (SSSR count). The average molecular weight is 388 g/mol. The quantitative estimate of drug-likeness (QED) is 0.234. The van der Waals surface area contributed by atoms with E-state index in [2.05, 4.69) is 6.58 Å². The number of ether oxygens (including phenoxy) is 1. The lowest BCUT2D eigenvalue weighted by molar-refractivity contribution is -0.502. The predicted molar refractivity (Wildman–Crippen MR) is 106 cm³/mol.